The Morgan fingerprint density at radius 1 is 1.50 bits per heavy atom. The highest BCUT2D eigenvalue weighted by Crippen LogP contribution is 2.28. The molecule has 1 aromatic carbocycles. The lowest BCUT2D eigenvalue weighted by molar-refractivity contribution is 0.311. The maximum absolute atomic E-state index is 5.50. The highest BCUT2D eigenvalue weighted by molar-refractivity contribution is 6.32. The number of ether oxygens (including phenoxy) is 1. The molecule has 0 fully saturated rings. The van der Waals surface area contributed by atoms with Crippen LogP contribution in [0, 0.1) is 0 Å². The highest BCUT2D eigenvalue weighted by Gasteiger charge is 2.13. The molecular weight excluding hydrogens is 166 g/mol. The zero-order valence-corrected chi connectivity index (χ0v) is 8.00. The Bertz CT molecular complexity index is 301. The number of rotatable bonds is 0. The fourth-order valence-corrected chi connectivity index (χ4v) is 1.57. The van der Waals surface area contributed by atoms with Gasteiger partial charge in [-0.25, -0.2) is 0 Å². The minimum absolute atomic E-state index is 0.777. The second kappa shape index (κ2) is 2.82. The Morgan fingerprint density at radius 2 is 2.33 bits per heavy atom. The third-order valence-electron chi connectivity index (χ3n) is 2.06. The summed E-state index contributed by atoms with van der Waals surface area (Å²) < 4.78 is 5.50. The number of fused-ring (bicyclic) bond motifs is 1. The maximum Gasteiger partial charge on any atom is 0.142 e. The van der Waals surface area contributed by atoms with Crippen LogP contribution in [0.2, 0.25) is 0 Å². The van der Waals surface area contributed by atoms with Gasteiger partial charge in [0.15, 0.2) is 0 Å². The van der Waals surface area contributed by atoms with E-state index in [0.717, 1.165) is 24.1 Å². The normalized spacial score (nSPS) is 15.3. The molecule has 0 spiro atoms. The average Bonchev–Trinajstić information content (AvgIpc) is 2.04. The SMILES string of the molecule is CN1CCOc2cc([Si])ccc21. The van der Waals surface area contributed by atoms with E-state index in [1.54, 1.807) is 0 Å². The molecule has 1 aliphatic heterocycles. The molecule has 0 saturated heterocycles. The molecule has 0 bridgehead atoms. The van der Waals surface area contributed by atoms with Gasteiger partial charge in [0.05, 0.1) is 22.5 Å². The van der Waals surface area contributed by atoms with Gasteiger partial charge in [-0.1, -0.05) is 11.3 Å². The Morgan fingerprint density at radius 3 is 3.17 bits per heavy atom. The first-order chi connectivity index (χ1) is 5.77. The molecule has 1 aromatic rings. The lowest BCUT2D eigenvalue weighted by Crippen LogP contribution is -2.29. The lowest BCUT2D eigenvalue weighted by Gasteiger charge is -2.27. The van der Waals surface area contributed by atoms with Crippen LogP contribution in [-0.2, 0) is 0 Å². The molecule has 0 amide bonds. The van der Waals surface area contributed by atoms with Crippen LogP contribution in [0.4, 0.5) is 5.69 Å². The predicted octanol–water partition coefficient (Wildman–Crippen LogP) is 0.309. The first-order valence-corrected chi connectivity index (χ1v) is 4.47. The third-order valence-corrected chi connectivity index (χ3v) is 2.37. The maximum atomic E-state index is 5.50. The van der Waals surface area contributed by atoms with Gasteiger partial charge in [0.2, 0.25) is 0 Å². The van der Waals surface area contributed by atoms with Crippen molar-refractivity contribution in [3.8, 4) is 5.75 Å². The standard InChI is InChI=1S/C9H10NOSi/c1-10-4-5-11-9-6-7(12)2-3-8(9)10/h2-3,6H,4-5H2,1H3. The quantitative estimate of drug-likeness (QED) is 0.527. The molecule has 1 aliphatic rings. The number of hydrogen-bond acceptors (Lipinski definition) is 2. The van der Waals surface area contributed by atoms with Crippen molar-refractivity contribution in [1.29, 1.82) is 0 Å². The van der Waals surface area contributed by atoms with Gasteiger partial charge in [0, 0.05) is 7.05 Å². The van der Waals surface area contributed by atoms with E-state index >= 15 is 0 Å². The van der Waals surface area contributed by atoms with E-state index in [1.807, 2.05) is 12.1 Å². The molecule has 0 saturated carbocycles. The van der Waals surface area contributed by atoms with E-state index in [4.69, 9.17) is 4.74 Å². The fourth-order valence-electron chi connectivity index (χ4n) is 1.36. The van der Waals surface area contributed by atoms with Crippen molar-refractivity contribution >= 4 is 21.1 Å². The van der Waals surface area contributed by atoms with Crippen molar-refractivity contribution in [2.24, 2.45) is 0 Å². The molecule has 2 rings (SSSR count). The monoisotopic (exact) mass is 176 g/mol. The van der Waals surface area contributed by atoms with Gasteiger partial charge < -0.3 is 9.64 Å². The van der Waals surface area contributed by atoms with E-state index in [-0.39, 0.29) is 0 Å². The molecule has 0 unspecified atom stereocenters. The molecule has 0 aliphatic carbocycles. The molecule has 61 valence electrons. The van der Waals surface area contributed by atoms with E-state index in [9.17, 15) is 0 Å². The van der Waals surface area contributed by atoms with Gasteiger partial charge in [0.1, 0.15) is 12.4 Å². The Labute approximate surface area is 75.6 Å². The number of anilines is 1. The van der Waals surface area contributed by atoms with Crippen LogP contribution in [0.5, 0.6) is 5.75 Å². The van der Waals surface area contributed by atoms with Crippen LogP contribution in [0.25, 0.3) is 0 Å². The van der Waals surface area contributed by atoms with Gasteiger partial charge in [-0.2, -0.15) is 0 Å². The molecular formula is C9H10NOSi. The van der Waals surface area contributed by atoms with Gasteiger partial charge in [0.25, 0.3) is 0 Å². The van der Waals surface area contributed by atoms with Crippen molar-refractivity contribution in [3.05, 3.63) is 18.2 Å². The smallest absolute Gasteiger partial charge is 0.142 e. The zero-order chi connectivity index (χ0) is 8.55. The summed E-state index contributed by atoms with van der Waals surface area (Å²) in [6.07, 6.45) is 0. The number of likely N-dealkylation sites (N-methyl/N-ethyl adjacent to an activating group) is 1. The second-order valence-corrected chi connectivity index (χ2v) is 3.53. The van der Waals surface area contributed by atoms with Crippen molar-refractivity contribution in [2.45, 2.75) is 0 Å². The van der Waals surface area contributed by atoms with E-state index < -0.39 is 0 Å². The van der Waals surface area contributed by atoms with E-state index in [2.05, 4.69) is 28.3 Å². The lowest BCUT2D eigenvalue weighted by atomic mass is 10.2. The van der Waals surface area contributed by atoms with Crippen LogP contribution in [0.15, 0.2) is 18.2 Å². The summed E-state index contributed by atoms with van der Waals surface area (Å²) in [4.78, 5) is 2.20. The third kappa shape index (κ3) is 1.20. The Kier molecular flexibility index (Phi) is 1.81. The minimum atomic E-state index is 0.777. The van der Waals surface area contributed by atoms with Gasteiger partial charge in [-0.3, -0.25) is 0 Å². The molecule has 2 nitrogen and oxygen atoms in total. The molecule has 0 aromatic heterocycles. The van der Waals surface area contributed by atoms with Gasteiger partial charge in [-0.15, -0.1) is 0 Å². The largest absolute Gasteiger partial charge is 0.490 e. The second-order valence-electron chi connectivity index (χ2n) is 2.95. The summed E-state index contributed by atoms with van der Waals surface area (Å²) in [5, 5.41) is 1.06. The summed E-state index contributed by atoms with van der Waals surface area (Å²) in [7, 11) is 5.54. The summed E-state index contributed by atoms with van der Waals surface area (Å²) >= 11 is 0. The van der Waals surface area contributed by atoms with Crippen LogP contribution in [-0.4, -0.2) is 30.4 Å². The van der Waals surface area contributed by atoms with E-state index in [1.165, 1.54) is 5.69 Å². The fraction of sp³-hybridized carbons (Fsp3) is 0.333. The van der Waals surface area contributed by atoms with Crippen molar-refractivity contribution in [1.82, 2.24) is 0 Å². The number of benzene rings is 1. The van der Waals surface area contributed by atoms with Gasteiger partial charge >= 0.3 is 0 Å². The minimum Gasteiger partial charge on any atom is -0.490 e. The molecule has 0 N–H and O–H groups in total. The molecule has 1 heterocycles. The summed E-state index contributed by atoms with van der Waals surface area (Å²) in [6.45, 7) is 1.74. The van der Waals surface area contributed by atoms with Gasteiger partial charge in [-0.05, 0) is 12.1 Å². The number of hydrogen-bond donors (Lipinski definition) is 0. The first kappa shape index (κ1) is 7.67. The van der Waals surface area contributed by atoms with Crippen molar-refractivity contribution in [2.75, 3.05) is 25.1 Å². The van der Waals surface area contributed by atoms with Crippen LogP contribution < -0.4 is 14.8 Å². The molecule has 0 atom stereocenters. The number of nitrogens with zero attached hydrogens (tertiary/aromatic N) is 1. The van der Waals surface area contributed by atoms with Crippen molar-refractivity contribution in [3.63, 3.8) is 0 Å². The van der Waals surface area contributed by atoms with Crippen molar-refractivity contribution < 1.29 is 4.74 Å². The van der Waals surface area contributed by atoms with Crippen LogP contribution in [0.3, 0.4) is 0 Å². The van der Waals surface area contributed by atoms with E-state index in [0.29, 0.717) is 0 Å². The topological polar surface area (TPSA) is 12.5 Å². The van der Waals surface area contributed by atoms with Crippen LogP contribution in [0.1, 0.15) is 0 Å². The predicted molar refractivity (Wildman–Crippen MR) is 50.6 cm³/mol. The summed E-state index contributed by atoms with van der Waals surface area (Å²) in [6, 6.07) is 6.10. The highest BCUT2D eigenvalue weighted by atomic mass is 28.1. The average molecular weight is 176 g/mol. The Hall–Kier alpha value is -0.963. The molecule has 3 heteroatoms. The summed E-state index contributed by atoms with van der Waals surface area (Å²) in [5.41, 5.74) is 1.17. The summed E-state index contributed by atoms with van der Waals surface area (Å²) in [5.74, 6) is 0.969. The molecule has 3 radical (unpaired) electrons. The Balaban J connectivity index is 2.46. The first-order valence-electron chi connectivity index (χ1n) is 3.97. The zero-order valence-electron chi connectivity index (χ0n) is 7.00. The molecule has 12 heavy (non-hydrogen) atoms. The van der Waals surface area contributed by atoms with Crippen LogP contribution >= 0.6 is 0 Å².